The van der Waals surface area contributed by atoms with Crippen LogP contribution < -0.4 is 9.64 Å². The number of anilines is 1. The highest BCUT2D eigenvalue weighted by molar-refractivity contribution is 6.22. The molecule has 30 heavy (non-hydrogen) atoms. The van der Waals surface area contributed by atoms with E-state index in [4.69, 9.17) is 4.74 Å². The molecule has 0 spiro atoms. The second-order valence-corrected chi connectivity index (χ2v) is 8.74. The monoisotopic (exact) mass is 399 g/mol. The van der Waals surface area contributed by atoms with E-state index in [1.807, 2.05) is 18.2 Å². The molecule has 0 aromatic heterocycles. The van der Waals surface area contributed by atoms with Crippen LogP contribution in [-0.4, -0.2) is 24.2 Å². The number of rotatable bonds is 5. The number of carbonyl (C=O) groups is 3. The Bertz CT molecular complexity index is 1060. The average Bonchev–Trinajstić information content (AvgIpc) is 3.56. The highest BCUT2D eigenvalue weighted by Gasteiger charge is 2.67. The molecule has 1 heterocycles. The molecule has 7 rings (SSSR count). The predicted octanol–water partition coefficient (Wildman–Crippen LogP) is 3.51. The van der Waals surface area contributed by atoms with Crippen LogP contribution in [0.4, 0.5) is 5.69 Å². The van der Waals surface area contributed by atoms with Crippen LogP contribution in [0.15, 0.2) is 66.7 Å². The highest BCUT2D eigenvalue weighted by atomic mass is 16.5. The van der Waals surface area contributed by atoms with Gasteiger partial charge < -0.3 is 4.74 Å². The third-order valence-corrected chi connectivity index (χ3v) is 7.20. The second-order valence-electron chi connectivity index (χ2n) is 8.74. The molecule has 2 aromatic rings. The van der Waals surface area contributed by atoms with Crippen LogP contribution in [-0.2, 0) is 9.59 Å². The zero-order valence-electron chi connectivity index (χ0n) is 16.3. The zero-order valence-corrected chi connectivity index (χ0v) is 16.3. The summed E-state index contributed by atoms with van der Waals surface area (Å²) in [4.78, 5) is 40.1. The van der Waals surface area contributed by atoms with E-state index >= 15 is 0 Å². The number of allylic oxidation sites excluding steroid dienone is 2. The third-order valence-electron chi connectivity index (χ3n) is 7.20. The quantitative estimate of drug-likeness (QED) is 0.439. The predicted molar refractivity (Wildman–Crippen MR) is 110 cm³/mol. The normalized spacial score (nSPS) is 32.7. The molecule has 5 aliphatic rings. The summed E-state index contributed by atoms with van der Waals surface area (Å²) in [6, 6.07) is 15.9. The molecule has 0 N–H and O–H groups in total. The van der Waals surface area contributed by atoms with Crippen LogP contribution in [0.2, 0.25) is 0 Å². The van der Waals surface area contributed by atoms with E-state index in [-0.39, 0.29) is 47.9 Å². The van der Waals surface area contributed by atoms with Crippen molar-refractivity contribution in [1.82, 2.24) is 0 Å². The Morgan fingerprint density at radius 1 is 0.900 bits per heavy atom. The van der Waals surface area contributed by atoms with Gasteiger partial charge in [-0.1, -0.05) is 48.6 Å². The summed E-state index contributed by atoms with van der Waals surface area (Å²) in [5.74, 6) is 1.29. The van der Waals surface area contributed by atoms with E-state index in [0.717, 1.165) is 6.42 Å². The van der Waals surface area contributed by atoms with Gasteiger partial charge in [0.1, 0.15) is 5.75 Å². The van der Waals surface area contributed by atoms with Crippen molar-refractivity contribution in [1.29, 1.82) is 0 Å². The second kappa shape index (κ2) is 6.39. The fraction of sp³-hybridized carbons (Fsp3) is 0.320. The van der Waals surface area contributed by atoms with Crippen LogP contribution in [0, 0.1) is 35.5 Å². The van der Waals surface area contributed by atoms with Crippen LogP contribution in [0.3, 0.4) is 0 Å². The fourth-order valence-corrected chi connectivity index (χ4v) is 5.78. The molecule has 150 valence electrons. The van der Waals surface area contributed by atoms with E-state index in [1.165, 1.54) is 4.90 Å². The topological polar surface area (TPSA) is 63.7 Å². The van der Waals surface area contributed by atoms with Gasteiger partial charge in [-0.15, -0.1) is 0 Å². The molecular formula is C25H21NO4. The molecule has 5 heteroatoms. The van der Waals surface area contributed by atoms with Crippen LogP contribution in [0.25, 0.3) is 0 Å². The van der Waals surface area contributed by atoms with Crippen molar-refractivity contribution in [2.24, 2.45) is 35.5 Å². The molecule has 1 aliphatic heterocycles. The molecule has 3 fully saturated rings. The van der Waals surface area contributed by atoms with Gasteiger partial charge in [0.05, 0.1) is 17.5 Å². The summed E-state index contributed by atoms with van der Waals surface area (Å²) >= 11 is 0. The first-order chi connectivity index (χ1) is 14.6. The Morgan fingerprint density at radius 2 is 1.57 bits per heavy atom. The largest absolute Gasteiger partial charge is 0.485 e. The third kappa shape index (κ3) is 2.51. The standard InChI is InChI=1S/C25H21NO4/c27-21(14-5-2-1-3-6-14)13-30-16-8-4-7-15(11-16)26-24(28)22-17-9-10-18(20-12-19(17)20)23(22)25(26)29/h1-11,17-20,22-23H,12-13H2/t17-,18+,19-,20-,22+,23+/m1/s1. The van der Waals surface area contributed by atoms with E-state index in [2.05, 4.69) is 12.2 Å². The number of hydrogen-bond acceptors (Lipinski definition) is 4. The summed E-state index contributed by atoms with van der Waals surface area (Å²) in [7, 11) is 0. The first-order valence-corrected chi connectivity index (χ1v) is 10.5. The van der Waals surface area contributed by atoms with Crippen LogP contribution >= 0.6 is 0 Å². The van der Waals surface area contributed by atoms with Crippen molar-refractivity contribution >= 4 is 23.3 Å². The number of hydrogen-bond donors (Lipinski definition) is 0. The Labute approximate surface area is 174 Å². The molecule has 0 unspecified atom stereocenters. The number of amides is 2. The van der Waals surface area contributed by atoms with Gasteiger partial charge in [0.25, 0.3) is 0 Å². The highest BCUT2D eigenvalue weighted by Crippen LogP contribution is 2.65. The Hall–Kier alpha value is -3.21. The van der Waals surface area contributed by atoms with E-state index in [9.17, 15) is 14.4 Å². The Kier molecular flexibility index (Phi) is 3.76. The number of benzene rings is 2. The van der Waals surface area contributed by atoms with Crippen molar-refractivity contribution in [3.63, 3.8) is 0 Å². The van der Waals surface area contributed by atoms with Crippen molar-refractivity contribution in [3.8, 4) is 5.75 Å². The van der Waals surface area contributed by atoms with E-state index < -0.39 is 0 Å². The van der Waals surface area contributed by atoms with E-state index in [1.54, 1.807) is 36.4 Å². The van der Waals surface area contributed by atoms with Crippen molar-refractivity contribution in [2.75, 3.05) is 11.5 Å². The molecular weight excluding hydrogens is 378 g/mol. The molecule has 4 aliphatic carbocycles. The van der Waals surface area contributed by atoms with Gasteiger partial charge in [-0.25, -0.2) is 4.90 Å². The number of imide groups is 1. The summed E-state index contributed by atoms with van der Waals surface area (Å²) in [6.07, 6.45) is 5.49. The SMILES string of the molecule is O=C(COc1cccc(N2C(=O)[C@H]3[C@@H]4C=C[C@@H]([C@H]5C[C@H]45)[C@@H]3C2=O)c1)c1ccccc1. The lowest BCUT2D eigenvalue weighted by molar-refractivity contribution is -0.124. The number of Topliss-reactive ketones (excluding diaryl/α,β-unsaturated/α-hetero) is 1. The van der Waals surface area contributed by atoms with Crippen LogP contribution in [0.5, 0.6) is 5.75 Å². The molecule has 5 nitrogen and oxygen atoms in total. The number of carbonyl (C=O) groups excluding carboxylic acids is 3. The Morgan fingerprint density at radius 3 is 2.23 bits per heavy atom. The van der Waals surface area contributed by atoms with Gasteiger partial charge in [0.2, 0.25) is 11.8 Å². The molecule has 6 atom stereocenters. The molecule has 2 aromatic carbocycles. The zero-order chi connectivity index (χ0) is 20.4. The first-order valence-electron chi connectivity index (χ1n) is 10.5. The van der Waals surface area contributed by atoms with Gasteiger partial charge in [-0.3, -0.25) is 14.4 Å². The van der Waals surface area contributed by atoms with Gasteiger partial charge in [-0.05, 0) is 42.2 Å². The molecule has 1 saturated heterocycles. The van der Waals surface area contributed by atoms with Gasteiger partial charge in [-0.2, -0.15) is 0 Å². The summed E-state index contributed by atoms with van der Waals surface area (Å²) in [5, 5.41) is 0. The first kappa shape index (κ1) is 17.6. The number of nitrogens with zero attached hydrogens (tertiary/aromatic N) is 1. The van der Waals surface area contributed by atoms with Gasteiger partial charge in [0, 0.05) is 11.6 Å². The lowest BCUT2D eigenvalue weighted by Crippen LogP contribution is -2.40. The summed E-state index contributed by atoms with van der Waals surface area (Å²) in [6.45, 7) is -0.0992. The van der Waals surface area contributed by atoms with Gasteiger partial charge >= 0.3 is 0 Å². The lowest BCUT2D eigenvalue weighted by Gasteiger charge is -2.37. The van der Waals surface area contributed by atoms with Gasteiger partial charge in [0.15, 0.2) is 12.4 Å². The van der Waals surface area contributed by atoms with Crippen molar-refractivity contribution < 1.29 is 19.1 Å². The molecule has 2 saturated carbocycles. The minimum atomic E-state index is -0.222. The summed E-state index contributed by atoms with van der Waals surface area (Å²) < 4.78 is 5.68. The molecule has 2 bridgehead atoms. The van der Waals surface area contributed by atoms with Crippen molar-refractivity contribution in [2.45, 2.75) is 6.42 Å². The van der Waals surface area contributed by atoms with E-state index in [0.29, 0.717) is 28.8 Å². The number of ether oxygens (including phenoxy) is 1. The minimum absolute atomic E-state index is 0.0905. The maximum Gasteiger partial charge on any atom is 0.238 e. The average molecular weight is 399 g/mol. The smallest absolute Gasteiger partial charge is 0.238 e. The van der Waals surface area contributed by atoms with Crippen molar-refractivity contribution in [3.05, 3.63) is 72.3 Å². The fourth-order valence-electron chi connectivity index (χ4n) is 5.78. The molecule has 2 amide bonds. The maximum atomic E-state index is 13.2. The number of ketones is 1. The molecule has 0 radical (unpaired) electrons. The summed E-state index contributed by atoms with van der Waals surface area (Å²) in [5.41, 5.74) is 1.11. The Balaban J connectivity index is 1.22. The minimum Gasteiger partial charge on any atom is -0.485 e. The van der Waals surface area contributed by atoms with Crippen LogP contribution in [0.1, 0.15) is 16.8 Å². The maximum absolute atomic E-state index is 13.2. The lowest BCUT2D eigenvalue weighted by atomic mass is 9.63.